The Hall–Kier alpha value is -2.09. The second-order valence-electron chi connectivity index (χ2n) is 6.32. The van der Waals surface area contributed by atoms with E-state index in [1.165, 1.54) is 22.5 Å². The molecule has 2 heterocycles. The lowest BCUT2D eigenvalue weighted by atomic mass is 10.2. The van der Waals surface area contributed by atoms with E-state index in [4.69, 9.17) is 16.3 Å². The van der Waals surface area contributed by atoms with Gasteiger partial charge in [0, 0.05) is 18.1 Å². The summed E-state index contributed by atoms with van der Waals surface area (Å²) < 4.78 is 33.0. The van der Waals surface area contributed by atoms with Gasteiger partial charge in [0.2, 0.25) is 10.0 Å². The van der Waals surface area contributed by atoms with Crippen molar-refractivity contribution in [2.45, 2.75) is 24.2 Å². The van der Waals surface area contributed by atoms with Crippen molar-refractivity contribution in [1.29, 1.82) is 0 Å². The number of sulfonamides is 1. The number of anilines is 1. The molecule has 0 radical (unpaired) electrons. The number of nitrogens with one attached hydrogen (secondary N) is 1. The molecule has 0 atom stereocenters. The SMILES string of the molecule is O=C1Nc2cc(Cl)ccc2Oc2ccc(S(=O)(=O)N3CCCCC3)cc21. The lowest BCUT2D eigenvalue weighted by Gasteiger charge is -2.26. The number of halogens is 1. The summed E-state index contributed by atoms with van der Waals surface area (Å²) in [5, 5.41) is 3.19. The van der Waals surface area contributed by atoms with Gasteiger partial charge >= 0.3 is 0 Å². The normalized spacial score (nSPS) is 17.5. The van der Waals surface area contributed by atoms with E-state index in [0.717, 1.165) is 19.3 Å². The molecule has 0 bridgehead atoms. The van der Waals surface area contributed by atoms with Crippen LogP contribution in [-0.2, 0) is 10.0 Å². The third-order valence-corrected chi connectivity index (χ3v) is 6.69. The molecule has 1 fully saturated rings. The quantitative estimate of drug-likeness (QED) is 0.841. The lowest BCUT2D eigenvalue weighted by Crippen LogP contribution is -2.35. The van der Waals surface area contributed by atoms with Crippen molar-refractivity contribution < 1.29 is 17.9 Å². The van der Waals surface area contributed by atoms with Crippen molar-refractivity contribution in [2.75, 3.05) is 18.4 Å². The zero-order valence-electron chi connectivity index (χ0n) is 13.9. The number of benzene rings is 2. The molecule has 136 valence electrons. The Kier molecular flexibility index (Phi) is 4.38. The highest BCUT2D eigenvalue weighted by Crippen LogP contribution is 2.38. The highest BCUT2D eigenvalue weighted by molar-refractivity contribution is 7.89. The van der Waals surface area contributed by atoms with E-state index >= 15 is 0 Å². The fourth-order valence-electron chi connectivity index (χ4n) is 3.19. The molecule has 4 rings (SSSR count). The molecular weight excluding hydrogens is 376 g/mol. The molecule has 0 saturated carbocycles. The molecule has 1 saturated heterocycles. The van der Waals surface area contributed by atoms with Crippen molar-refractivity contribution in [3.8, 4) is 11.5 Å². The summed E-state index contributed by atoms with van der Waals surface area (Å²) >= 11 is 5.97. The number of carbonyl (C=O) groups excluding carboxylic acids is 1. The zero-order chi connectivity index (χ0) is 18.3. The van der Waals surface area contributed by atoms with Crippen LogP contribution in [-0.4, -0.2) is 31.7 Å². The van der Waals surface area contributed by atoms with E-state index in [0.29, 0.717) is 35.3 Å². The van der Waals surface area contributed by atoms with Crippen LogP contribution >= 0.6 is 11.6 Å². The molecule has 2 aromatic carbocycles. The van der Waals surface area contributed by atoms with Crippen LogP contribution < -0.4 is 10.1 Å². The topological polar surface area (TPSA) is 75.7 Å². The molecule has 1 amide bonds. The molecule has 26 heavy (non-hydrogen) atoms. The maximum Gasteiger partial charge on any atom is 0.259 e. The third kappa shape index (κ3) is 3.06. The van der Waals surface area contributed by atoms with Gasteiger partial charge in [-0.15, -0.1) is 0 Å². The van der Waals surface area contributed by atoms with E-state index in [1.807, 2.05) is 0 Å². The average Bonchev–Trinajstić information content (AvgIpc) is 2.77. The summed E-state index contributed by atoms with van der Waals surface area (Å²) in [7, 11) is -3.63. The van der Waals surface area contributed by atoms with Gasteiger partial charge in [0.15, 0.2) is 5.75 Å². The molecule has 2 aliphatic rings. The van der Waals surface area contributed by atoms with Crippen LogP contribution in [0.15, 0.2) is 41.3 Å². The van der Waals surface area contributed by atoms with Gasteiger partial charge in [-0.3, -0.25) is 4.79 Å². The van der Waals surface area contributed by atoms with Crippen molar-refractivity contribution in [1.82, 2.24) is 4.31 Å². The number of amides is 1. The van der Waals surface area contributed by atoms with Gasteiger partial charge in [-0.25, -0.2) is 8.42 Å². The third-order valence-electron chi connectivity index (χ3n) is 4.56. The number of fused-ring (bicyclic) bond motifs is 2. The zero-order valence-corrected chi connectivity index (χ0v) is 15.4. The minimum atomic E-state index is -3.63. The van der Waals surface area contributed by atoms with Crippen LogP contribution in [0.2, 0.25) is 5.02 Å². The van der Waals surface area contributed by atoms with Crippen LogP contribution in [0, 0.1) is 0 Å². The molecule has 0 aliphatic carbocycles. The molecule has 0 unspecified atom stereocenters. The van der Waals surface area contributed by atoms with Crippen molar-refractivity contribution in [3.63, 3.8) is 0 Å². The number of hydrogen-bond donors (Lipinski definition) is 1. The molecular formula is C18H17ClN2O4S. The van der Waals surface area contributed by atoms with Crippen LogP contribution in [0.1, 0.15) is 29.6 Å². The van der Waals surface area contributed by atoms with Gasteiger partial charge in [-0.05, 0) is 49.2 Å². The van der Waals surface area contributed by atoms with Crippen LogP contribution in [0.5, 0.6) is 11.5 Å². The average molecular weight is 393 g/mol. The second-order valence-corrected chi connectivity index (χ2v) is 8.69. The smallest absolute Gasteiger partial charge is 0.259 e. The molecule has 6 nitrogen and oxygen atoms in total. The van der Waals surface area contributed by atoms with Crippen LogP contribution in [0.25, 0.3) is 0 Å². The van der Waals surface area contributed by atoms with Gasteiger partial charge in [-0.2, -0.15) is 4.31 Å². The highest BCUT2D eigenvalue weighted by atomic mass is 35.5. The summed E-state index contributed by atoms with van der Waals surface area (Å²) in [6.07, 6.45) is 2.74. The highest BCUT2D eigenvalue weighted by Gasteiger charge is 2.29. The van der Waals surface area contributed by atoms with E-state index in [1.54, 1.807) is 18.2 Å². The minimum absolute atomic E-state index is 0.0980. The second kappa shape index (κ2) is 6.57. The van der Waals surface area contributed by atoms with Crippen molar-refractivity contribution in [2.24, 2.45) is 0 Å². The standard InChI is InChI=1S/C18H17ClN2O4S/c19-12-4-6-17-15(10-12)20-18(22)14-11-13(5-7-16(14)25-17)26(23,24)21-8-2-1-3-9-21/h4-7,10-11H,1-3,8-9H2,(H,20,22). The molecule has 2 aromatic rings. The van der Waals surface area contributed by atoms with Gasteiger partial charge in [0.25, 0.3) is 5.91 Å². The first-order valence-electron chi connectivity index (χ1n) is 8.38. The molecule has 1 N–H and O–H groups in total. The molecule has 0 spiro atoms. The molecule has 8 heteroatoms. The summed E-state index contributed by atoms with van der Waals surface area (Å²) in [6, 6.07) is 9.29. The fourth-order valence-corrected chi connectivity index (χ4v) is 4.90. The monoisotopic (exact) mass is 392 g/mol. The maximum absolute atomic E-state index is 12.9. The Morgan fingerprint density at radius 3 is 2.50 bits per heavy atom. The Labute approximate surface area is 156 Å². The largest absolute Gasteiger partial charge is 0.454 e. The number of carbonyl (C=O) groups is 1. The van der Waals surface area contributed by atoms with Crippen LogP contribution in [0.4, 0.5) is 5.69 Å². The molecule has 2 aliphatic heterocycles. The first-order valence-corrected chi connectivity index (χ1v) is 10.2. The van der Waals surface area contributed by atoms with E-state index < -0.39 is 15.9 Å². The number of rotatable bonds is 2. The van der Waals surface area contributed by atoms with E-state index in [-0.39, 0.29) is 10.5 Å². The Morgan fingerprint density at radius 1 is 1.00 bits per heavy atom. The summed E-state index contributed by atoms with van der Waals surface area (Å²) in [4.78, 5) is 12.7. The number of hydrogen-bond acceptors (Lipinski definition) is 4. The molecule has 0 aromatic heterocycles. The number of nitrogens with zero attached hydrogens (tertiary/aromatic N) is 1. The van der Waals surface area contributed by atoms with Gasteiger partial charge < -0.3 is 10.1 Å². The van der Waals surface area contributed by atoms with Crippen molar-refractivity contribution >= 4 is 33.2 Å². The number of piperidine rings is 1. The van der Waals surface area contributed by atoms with E-state index in [9.17, 15) is 13.2 Å². The first kappa shape index (κ1) is 17.3. The number of ether oxygens (including phenoxy) is 1. The van der Waals surface area contributed by atoms with Gasteiger partial charge in [0.1, 0.15) is 5.75 Å². The first-order chi connectivity index (χ1) is 12.4. The summed E-state index contributed by atoms with van der Waals surface area (Å²) in [6.45, 7) is 1.01. The Balaban J connectivity index is 1.73. The van der Waals surface area contributed by atoms with E-state index in [2.05, 4.69) is 5.32 Å². The Morgan fingerprint density at radius 2 is 1.73 bits per heavy atom. The van der Waals surface area contributed by atoms with Crippen molar-refractivity contribution in [3.05, 3.63) is 47.0 Å². The predicted molar refractivity (Wildman–Crippen MR) is 98.5 cm³/mol. The summed E-state index contributed by atoms with van der Waals surface area (Å²) in [5.74, 6) is 0.325. The van der Waals surface area contributed by atoms with Gasteiger partial charge in [0.05, 0.1) is 16.1 Å². The minimum Gasteiger partial charge on any atom is -0.454 e. The van der Waals surface area contributed by atoms with Gasteiger partial charge in [-0.1, -0.05) is 18.0 Å². The van der Waals surface area contributed by atoms with Crippen LogP contribution in [0.3, 0.4) is 0 Å². The maximum atomic E-state index is 12.9. The summed E-state index contributed by atoms with van der Waals surface area (Å²) in [5.41, 5.74) is 0.620. The Bertz CT molecular complexity index is 985. The fraction of sp³-hybridized carbons (Fsp3) is 0.278. The predicted octanol–water partition coefficient (Wildman–Crippen LogP) is 3.87. The lowest BCUT2D eigenvalue weighted by molar-refractivity contribution is 0.102.